The zero-order chi connectivity index (χ0) is 22.0. The first-order chi connectivity index (χ1) is 14.9. The van der Waals surface area contributed by atoms with Gasteiger partial charge in [-0.25, -0.2) is 14.8 Å². The summed E-state index contributed by atoms with van der Waals surface area (Å²) in [5, 5.41) is 3.93. The van der Waals surface area contributed by atoms with Crippen molar-refractivity contribution in [2.75, 3.05) is 5.32 Å². The lowest BCUT2D eigenvalue weighted by molar-refractivity contribution is -0.123. The maximum Gasteiger partial charge on any atom is 0.340 e. The number of carbonyl (C=O) groups excluding carboxylic acids is 2. The molecule has 1 unspecified atom stereocenters. The minimum Gasteiger partial charge on any atom is -0.449 e. The molecule has 2 aromatic carbocycles. The average Bonchev–Trinajstić information content (AvgIpc) is 3.17. The highest BCUT2D eigenvalue weighted by Crippen LogP contribution is 2.31. The molecule has 0 aliphatic carbocycles. The SMILES string of the molecule is Cc1ccc2nc(-c3ccc(NC(=O)C(C)OC(=O)c4ccc(Cl)nc4)cc3)sc2c1. The summed E-state index contributed by atoms with van der Waals surface area (Å²) in [4.78, 5) is 33.0. The van der Waals surface area contributed by atoms with E-state index in [0.717, 1.165) is 20.8 Å². The van der Waals surface area contributed by atoms with Crippen LogP contribution in [-0.4, -0.2) is 27.9 Å². The first kappa shape index (κ1) is 21.0. The van der Waals surface area contributed by atoms with Crippen molar-refractivity contribution in [1.82, 2.24) is 9.97 Å². The minimum absolute atomic E-state index is 0.222. The maximum atomic E-state index is 12.4. The largest absolute Gasteiger partial charge is 0.449 e. The molecule has 4 rings (SSSR count). The molecule has 1 amide bonds. The molecule has 0 aliphatic heterocycles. The number of hydrogen-bond donors (Lipinski definition) is 1. The van der Waals surface area contributed by atoms with Crippen molar-refractivity contribution in [3.8, 4) is 10.6 Å². The molecule has 0 fully saturated rings. The van der Waals surface area contributed by atoms with Gasteiger partial charge in [0.1, 0.15) is 10.2 Å². The van der Waals surface area contributed by atoms with Crippen LogP contribution >= 0.6 is 22.9 Å². The second kappa shape index (κ2) is 8.83. The Morgan fingerprint density at radius 1 is 1.10 bits per heavy atom. The number of thiazole rings is 1. The number of carbonyl (C=O) groups is 2. The van der Waals surface area contributed by atoms with E-state index in [1.165, 1.54) is 30.8 Å². The molecule has 4 aromatic rings. The van der Waals surface area contributed by atoms with Crippen molar-refractivity contribution in [2.24, 2.45) is 0 Å². The number of pyridine rings is 1. The average molecular weight is 452 g/mol. The summed E-state index contributed by atoms with van der Waals surface area (Å²) in [6.45, 7) is 3.56. The minimum atomic E-state index is -0.977. The van der Waals surface area contributed by atoms with Crippen LogP contribution in [0.25, 0.3) is 20.8 Å². The van der Waals surface area contributed by atoms with E-state index in [9.17, 15) is 9.59 Å². The molecule has 156 valence electrons. The summed E-state index contributed by atoms with van der Waals surface area (Å²) in [7, 11) is 0. The molecule has 2 heterocycles. The molecule has 2 aromatic heterocycles. The van der Waals surface area contributed by atoms with Crippen molar-refractivity contribution in [3.05, 3.63) is 77.1 Å². The monoisotopic (exact) mass is 451 g/mol. The Morgan fingerprint density at radius 3 is 2.58 bits per heavy atom. The van der Waals surface area contributed by atoms with Gasteiger partial charge in [-0.15, -0.1) is 11.3 Å². The third kappa shape index (κ3) is 4.90. The number of aromatic nitrogens is 2. The van der Waals surface area contributed by atoms with Gasteiger partial charge >= 0.3 is 5.97 Å². The van der Waals surface area contributed by atoms with E-state index in [0.29, 0.717) is 5.69 Å². The van der Waals surface area contributed by atoms with Crippen LogP contribution < -0.4 is 5.32 Å². The molecule has 0 spiro atoms. The second-order valence-electron chi connectivity index (χ2n) is 6.97. The van der Waals surface area contributed by atoms with Crippen LogP contribution in [0.15, 0.2) is 60.8 Å². The summed E-state index contributed by atoms with van der Waals surface area (Å²) in [5.41, 5.74) is 3.95. The number of esters is 1. The number of aryl methyl sites for hydroxylation is 1. The molecule has 8 heteroatoms. The highest BCUT2D eigenvalue weighted by molar-refractivity contribution is 7.21. The molecule has 0 saturated carbocycles. The van der Waals surface area contributed by atoms with Crippen molar-refractivity contribution in [1.29, 1.82) is 0 Å². The van der Waals surface area contributed by atoms with Gasteiger partial charge < -0.3 is 10.1 Å². The molecular formula is C23H18ClN3O3S. The van der Waals surface area contributed by atoms with Gasteiger partial charge in [-0.1, -0.05) is 17.7 Å². The fourth-order valence-corrected chi connectivity index (χ4v) is 4.06. The lowest BCUT2D eigenvalue weighted by Crippen LogP contribution is -2.30. The first-order valence-corrected chi connectivity index (χ1v) is 10.7. The Hall–Kier alpha value is -3.29. The molecule has 0 aliphatic rings. The van der Waals surface area contributed by atoms with Gasteiger partial charge in [0.25, 0.3) is 5.91 Å². The third-order valence-electron chi connectivity index (χ3n) is 4.56. The van der Waals surface area contributed by atoms with E-state index in [1.807, 2.05) is 24.3 Å². The van der Waals surface area contributed by atoms with Crippen LogP contribution in [0.2, 0.25) is 5.15 Å². The maximum absolute atomic E-state index is 12.4. The van der Waals surface area contributed by atoms with Crippen LogP contribution in [0.5, 0.6) is 0 Å². The third-order valence-corrected chi connectivity index (χ3v) is 5.85. The number of nitrogens with one attached hydrogen (secondary N) is 1. The molecule has 1 atom stereocenters. The van der Waals surface area contributed by atoms with Crippen molar-refractivity contribution < 1.29 is 14.3 Å². The smallest absolute Gasteiger partial charge is 0.340 e. The van der Waals surface area contributed by atoms with Crippen molar-refractivity contribution in [3.63, 3.8) is 0 Å². The molecule has 0 saturated heterocycles. The van der Waals surface area contributed by atoms with E-state index in [4.69, 9.17) is 16.3 Å². The zero-order valence-electron chi connectivity index (χ0n) is 16.8. The Bertz CT molecular complexity index is 1250. The van der Waals surface area contributed by atoms with Crippen LogP contribution in [0.3, 0.4) is 0 Å². The van der Waals surface area contributed by atoms with Crippen molar-refractivity contribution >= 4 is 50.7 Å². The van der Waals surface area contributed by atoms with Crippen LogP contribution in [0.4, 0.5) is 5.69 Å². The predicted molar refractivity (Wildman–Crippen MR) is 123 cm³/mol. The molecule has 0 bridgehead atoms. The van der Waals surface area contributed by atoms with E-state index < -0.39 is 18.0 Å². The topological polar surface area (TPSA) is 81.2 Å². The van der Waals surface area contributed by atoms with E-state index in [2.05, 4.69) is 28.3 Å². The molecule has 6 nitrogen and oxygen atoms in total. The number of halogens is 1. The summed E-state index contributed by atoms with van der Waals surface area (Å²) in [5.74, 6) is -1.08. The quantitative estimate of drug-likeness (QED) is 0.320. The van der Waals surface area contributed by atoms with Gasteiger partial charge in [-0.05, 0) is 67.9 Å². The van der Waals surface area contributed by atoms with Crippen LogP contribution in [-0.2, 0) is 9.53 Å². The number of anilines is 1. The number of nitrogens with zero attached hydrogens (tertiary/aromatic N) is 2. The Labute approximate surface area is 187 Å². The van der Waals surface area contributed by atoms with Gasteiger partial charge in [-0.3, -0.25) is 4.79 Å². The fourth-order valence-electron chi connectivity index (χ4n) is 2.87. The van der Waals surface area contributed by atoms with Gasteiger partial charge in [0.15, 0.2) is 6.10 Å². The Morgan fingerprint density at radius 2 is 1.87 bits per heavy atom. The summed E-state index contributed by atoms with van der Waals surface area (Å²) >= 11 is 7.33. The van der Waals surface area contributed by atoms with Crippen molar-refractivity contribution in [2.45, 2.75) is 20.0 Å². The number of hydrogen-bond acceptors (Lipinski definition) is 6. The molecule has 31 heavy (non-hydrogen) atoms. The highest BCUT2D eigenvalue weighted by atomic mass is 35.5. The second-order valence-corrected chi connectivity index (χ2v) is 8.39. The molecule has 0 radical (unpaired) electrons. The van der Waals surface area contributed by atoms with E-state index >= 15 is 0 Å². The van der Waals surface area contributed by atoms with Crippen LogP contribution in [0.1, 0.15) is 22.8 Å². The first-order valence-electron chi connectivity index (χ1n) is 9.50. The van der Waals surface area contributed by atoms with Gasteiger partial charge in [-0.2, -0.15) is 0 Å². The van der Waals surface area contributed by atoms with E-state index in [-0.39, 0.29) is 10.7 Å². The lowest BCUT2D eigenvalue weighted by atomic mass is 10.2. The summed E-state index contributed by atoms with van der Waals surface area (Å²) < 4.78 is 6.34. The van der Waals surface area contributed by atoms with Gasteiger partial charge in [0.2, 0.25) is 0 Å². The zero-order valence-corrected chi connectivity index (χ0v) is 18.3. The van der Waals surface area contributed by atoms with Crippen LogP contribution in [0, 0.1) is 6.92 Å². The Balaban J connectivity index is 1.40. The van der Waals surface area contributed by atoms with E-state index in [1.54, 1.807) is 23.5 Å². The molecular weight excluding hydrogens is 434 g/mol. The lowest BCUT2D eigenvalue weighted by Gasteiger charge is -2.13. The molecule has 1 N–H and O–H groups in total. The van der Waals surface area contributed by atoms with Gasteiger partial charge in [0, 0.05) is 17.4 Å². The standard InChI is InChI=1S/C23H18ClN3O3S/c1-13-3-9-18-19(11-13)31-22(27-18)15-4-7-17(8-5-15)26-21(28)14(2)30-23(29)16-6-10-20(24)25-12-16/h3-12,14H,1-2H3,(H,26,28). The number of rotatable bonds is 5. The number of ether oxygens (including phenoxy) is 1. The number of fused-ring (bicyclic) bond motifs is 1. The predicted octanol–water partition coefficient (Wildman–Crippen LogP) is 5.50. The Kier molecular flexibility index (Phi) is 5.97. The fraction of sp³-hybridized carbons (Fsp3) is 0.130. The normalized spacial score (nSPS) is 11.8. The van der Waals surface area contributed by atoms with Gasteiger partial charge in [0.05, 0.1) is 15.8 Å². The number of benzene rings is 2. The highest BCUT2D eigenvalue weighted by Gasteiger charge is 2.19. The number of amides is 1. The summed E-state index contributed by atoms with van der Waals surface area (Å²) in [6, 6.07) is 16.5. The summed E-state index contributed by atoms with van der Waals surface area (Å²) in [6.07, 6.45) is 0.326.